The number of urea groups is 1. The van der Waals surface area contributed by atoms with Crippen LogP contribution in [0.5, 0.6) is 0 Å². The van der Waals surface area contributed by atoms with Crippen molar-refractivity contribution in [3.8, 4) is 0 Å². The maximum atomic E-state index is 12.4. The van der Waals surface area contributed by atoms with Gasteiger partial charge < -0.3 is 14.5 Å². The summed E-state index contributed by atoms with van der Waals surface area (Å²) >= 11 is 0. The second kappa shape index (κ2) is 7.95. The lowest BCUT2D eigenvalue weighted by Gasteiger charge is -2.21. The first-order valence-electron chi connectivity index (χ1n) is 9.34. The Hall–Kier alpha value is -3.35. The van der Waals surface area contributed by atoms with Gasteiger partial charge in [-0.05, 0) is 44.5 Å². The van der Waals surface area contributed by atoms with Gasteiger partial charge in [0.15, 0.2) is 6.10 Å². The summed E-state index contributed by atoms with van der Waals surface area (Å²) in [6, 6.07) is 11.0. The van der Waals surface area contributed by atoms with Crippen molar-refractivity contribution in [2.45, 2.75) is 45.8 Å². The smallest absolute Gasteiger partial charge is 0.321 e. The fourth-order valence-corrected chi connectivity index (χ4v) is 3.04. The highest BCUT2D eigenvalue weighted by Gasteiger charge is 2.23. The van der Waals surface area contributed by atoms with E-state index in [-0.39, 0.29) is 6.42 Å². The summed E-state index contributed by atoms with van der Waals surface area (Å²) in [5.41, 5.74) is 0.867. The Morgan fingerprint density at radius 3 is 2.55 bits per heavy atom. The van der Waals surface area contributed by atoms with E-state index in [1.807, 2.05) is 36.4 Å². The SMILES string of the molecule is CC(OC(=O)Cc1coc2ccc3ccccc3c12)C(=O)NC(=O)NC(C)(C)C. The summed E-state index contributed by atoms with van der Waals surface area (Å²) in [4.78, 5) is 36.3. The van der Waals surface area contributed by atoms with Crippen LogP contribution in [0, 0.1) is 0 Å². The van der Waals surface area contributed by atoms with Gasteiger partial charge in [0.25, 0.3) is 5.91 Å². The van der Waals surface area contributed by atoms with Crippen molar-refractivity contribution in [3.05, 3.63) is 48.2 Å². The number of imide groups is 1. The lowest BCUT2D eigenvalue weighted by molar-refractivity contribution is -0.153. The van der Waals surface area contributed by atoms with Crippen LogP contribution in [0.3, 0.4) is 0 Å². The predicted octanol–water partition coefficient (Wildman–Crippen LogP) is 3.68. The van der Waals surface area contributed by atoms with Gasteiger partial charge in [-0.25, -0.2) is 4.79 Å². The summed E-state index contributed by atoms with van der Waals surface area (Å²) in [5, 5.41) is 7.64. The molecule has 0 aliphatic heterocycles. The largest absolute Gasteiger partial charge is 0.464 e. The molecule has 0 aliphatic rings. The van der Waals surface area contributed by atoms with Crippen LogP contribution in [0.4, 0.5) is 4.79 Å². The number of esters is 1. The van der Waals surface area contributed by atoms with Gasteiger partial charge in [0, 0.05) is 16.5 Å². The number of rotatable bonds is 4. The topological polar surface area (TPSA) is 97.6 Å². The molecule has 7 nitrogen and oxygen atoms in total. The van der Waals surface area contributed by atoms with Crippen LogP contribution in [-0.2, 0) is 20.7 Å². The number of benzene rings is 2. The van der Waals surface area contributed by atoms with E-state index in [0.29, 0.717) is 11.1 Å². The van der Waals surface area contributed by atoms with Gasteiger partial charge in [-0.15, -0.1) is 0 Å². The van der Waals surface area contributed by atoms with Crippen molar-refractivity contribution in [2.75, 3.05) is 0 Å². The molecule has 1 heterocycles. The number of furan rings is 1. The molecule has 1 atom stereocenters. The van der Waals surface area contributed by atoms with E-state index < -0.39 is 29.6 Å². The van der Waals surface area contributed by atoms with Crippen molar-refractivity contribution in [3.63, 3.8) is 0 Å². The van der Waals surface area contributed by atoms with E-state index in [1.165, 1.54) is 13.2 Å². The second-order valence-electron chi connectivity index (χ2n) is 7.92. The Morgan fingerprint density at radius 2 is 1.83 bits per heavy atom. The maximum absolute atomic E-state index is 12.4. The van der Waals surface area contributed by atoms with E-state index in [2.05, 4.69) is 10.6 Å². The number of nitrogens with one attached hydrogen (secondary N) is 2. The van der Waals surface area contributed by atoms with Crippen molar-refractivity contribution in [1.29, 1.82) is 0 Å². The number of carbonyl (C=O) groups excluding carboxylic acids is 3. The summed E-state index contributed by atoms with van der Waals surface area (Å²) in [5.74, 6) is -1.28. The van der Waals surface area contributed by atoms with Crippen LogP contribution in [0.25, 0.3) is 21.7 Å². The molecular weight excluding hydrogens is 372 g/mol. The van der Waals surface area contributed by atoms with Crippen molar-refractivity contribution in [1.82, 2.24) is 10.6 Å². The molecule has 3 aromatic rings. The van der Waals surface area contributed by atoms with Crippen molar-refractivity contribution >= 4 is 39.6 Å². The quantitative estimate of drug-likeness (QED) is 0.656. The molecule has 1 aromatic heterocycles. The molecule has 0 bridgehead atoms. The highest BCUT2D eigenvalue weighted by atomic mass is 16.5. The first-order chi connectivity index (χ1) is 13.6. The van der Waals surface area contributed by atoms with E-state index in [0.717, 1.165) is 16.2 Å². The minimum absolute atomic E-state index is 0.0488. The average molecular weight is 396 g/mol. The van der Waals surface area contributed by atoms with Crippen molar-refractivity contribution < 1.29 is 23.5 Å². The zero-order valence-corrected chi connectivity index (χ0v) is 16.9. The van der Waals surface area contributed by atoms with Crippen LogP contribution < -0.4 is 10.6 Å². The van der Waals surface area contributed by atoms with Gasteiger partial charge in [0.1, 0.15) is 5.58 Å². The zero-order valence-electron chi connectivity index (χ0n) is 16.9. The molecule has 152 valence electrons. The third kappa shape index (κ3) is 4.93. The van der Waals surface area contributed by atoms with Gasteiger partial charge in [-0.1, -0.05) is 30.3 Å². The van der Waals surface area contributed by atoms with Gasteiger partial charge >= 0.3 is 12.0 Å². The number of amides is 3. The molecular formula is C22H24N2O5. The van der Waals surface area contributed by atoms with Gasteiger partial charge in [-0.3, -0.25) is 14.9 Å². The standard InChI is InChI=1S/C22H24N2O5/c1-13(20(26)23-21(27)24-22(2,3)4)29-18(25)11-15-12-28-17-10-9-14-7-5-6-8-16(14)19(15)17/h5-10,12-13H,11H2,1-4H3,(H2,23,24,26,27). The van der Waals surface area contributed by atoms with Crippen LogP contribution in [0.1, 0.15) is 33.3 Å². The summed E-state index contributed by atoms with van der Waals surface area (Å²) in [6.45, 7) is 6.79. The molecule has 3 rings (SSSR count). The normalized spacial score (nSPS) is 12.6. The Kier molecular flexibility index (Phi) is 5.59. The summed E-state index contributed by atoms with van der Waals surface area (Å²) in [7, 11) is 0. The maximum Gasteiger partial charge on any atom is 0.321 e. The fraction of sp³-hybridized carbons (Fsp3) is 0.318. The van der Waals surface area contributed by atoms with E-state index in [1.54, 1.807) is 20.8 Å². The molecule has 3 amide bonds. The van der Waals surface area contributed by atoms with Crippen LogP contribution >= 0.6 is 0 Å². The molecule has 0 fully saturated rings. The monoisotopic (exact) mass is 396 g/mol. The van der Waals surface area contributed by atoms with Crippen molar-refractivity contribution in [2.24, 2.45) is 0 Å². The highest BCUT2D eigenvalue weighted by molar-refractivity contribution is 6.08. The molecule has 0 saturated carbocycles. The summed E-state index contributed by atoms with van der Waals surface area (Å²) in [6.07, 6.45) is 0.371. The lowest BCUT2D eigenvalue weighted by atomic mass is 10.0. The van der Waals surface area contributed by atoms with Gasteiger partial charge in [-0.2, -0.15) is 0 Å². The summed E-state index contributed by atoms with van der Waals surface area (Å²) < 4.78 is 10.8. The highest BCUT2D eigenvalue weighted by Crippen LogP contribution is 2.30. The Bertz CT molecular complexity index is 1080. The zero-order chi connectivity index (χ0) is 21.2. The van der Waals surface area contributed by atoms with Crippen LogP contribution in [-0.4, -0.2) is 29.6 Å². The van der Waals surface area contributed by atoms with E-state index in [9.17, 15) is 14.4 Å². The molecule has 0 spiro atoms. The number of hydrogen-bond donors (Lipinski definition) is 2. The third-order valence-corrected chi connectivity index (χ3v) is 4.28. The molecule has 29 heavy (non-hydrogen) atoms. The number of fused-ring (bicyclic) bond motifs is 3. The minimum atomic E-state index is -1.11. The van der Waals surface area contributed by atoms with Gasteiger partial charge in [0.2, 0.25) is 0 Å². The molecule has 0 saturated heterocycles. The van der Waals surface area contributed by atoms with E-state index in [4.69, 9.17) is 9.15 Å². The second-order valence-corrected chi connectivity index (χ2v) is 7.92. The molecule has 7 heteroatoms. The van der Waals surface area contributed by atoms with Crippen LogP contribution in [0.2, 0.25) is 0 Å². The third-order valence-electron chi connectivity index (χ3n) is 4.28. The Morgan fingerprint density at radius 1 is 1.10 bits per heavy atom. The molecule has 1 unspecified atom stereocenters. The average Bonchev–Trinajstić information content (AvgIpc) is 3.03. The Balaban J connectivity index is 1.67. The minimum Gasteiger partial charge on any atom is -0.464 e. The molecule has 0 radical (unpaired) electrons. The molecule has 0 aliphatic carbocycles. The van der Waals surface area contributed by atoms with E-state index >= 15 is 0 Å². The number of hydrogen-bond acceptors (Lipinski definition) is 5. The number of ether oxygens (including phenoxy) is 1. The molecule has 2 N–H and O–H groups in total. The predicted molar refractivity (Wildman–Crippen MR) is 109 cm³/mol. The first-order valence-corrected chi connectivity index (χ1v) is 9.34. The Labute approximate surface area is 168 Å². The molecule has 2 aromatic carbocycles. The lowest BCUT2D eigenvalue weighted by Crippen LogP contribution is -2.50. The first kappa shape index (κ1) is 20.4. The fourth-order valence-electron chi connectivity index (χ4n) is 3.04. The van der Waals surface area contributed by atoms with Gasteiger partial charge in [0.05, 0.1) is 12.7 Å². The number of carbonyl (C=O) groups is 3. The van der Waals surface area contributed by atoms with Crippen LogP contribution in [0.15, 0.2) is 47.1 Å².